The van der Waals surface area contributed by atoms with Crippen molar-refractivity contribution in [2.45, 2.75) is 11.8 Å². The first-order chi connectivity index (χ1) is 10.5. The Kier molecular flexibility index (Phi) is 4.56. The van der Waals surface area contributed by atoms with E-state index in [9.17, 15) is 4.79 Å². The first-order valence-electron chi connectivity index (χ1n) is 6.65. The summed E-state index contributed by atoms with van der Waals surface area (Å²) in [5, 5.41) is 4.77. The van der Waals surface area contributed by atoms with Gasteiger partial charge < -0.3 is 5.32 Å². The Hall–Kier alpha value is -0.930. The first kappa shape index (κ1) is 15.9. The molecule has 1 amide bonds. The number of halogens is 4. The van der Waals surface area contributed by atoms with Crippen molar-refractivity contribution < 1.29 is 4.79 Å². The molecule has 0 saturated carbocycles. The minimum Gasteiger partial charge on any atom is -0.355 e. The van der Waals surface area contributed by atoms with E-state index in [1.54, 1.807) is 24.3 Å². The lowest BCUT2D eigenvalue weighted by Gasteiger charge is -2.18. The molecule has 2 atom stereocenters. The molecule has 1 heterocycles. The molecule has 0 aliphatic carbocycles. The molecule has 6 heteroatoms. The SMILES string of the molecule is O=C1NCC(c2ccc(Cl)c(Cl)c2)C1c1ccc(Cl)c(Cl)c1. The van der Waals surface area contributed by atoms with Crippen LogP contribution in [0.3, 0.4) is 0 Å². The highest BCUT2D eigenvalue weighted by Gasteiger charge is 2.37. The molecule has 2 unspecified atom stereocenters. The van der Waals surface area contributed by atoms with Gasteiger partial charge in [0.1, 0.15) is 0 Å². The highest BCUT2D eigenvalue weighted by molar-refractivity contribution is 6.42. The predicted octanol–water partition coefficient (Wildman–Crippen LogP) is 5.30. The maximum Gasteiger partial charge on any atom is 0.228 e. The van der Waals surface area contributed by atoms with E-state index in [1.165, 1.54) is 0 Å². The second-order valence-corrected chi connectivity index (χ2v) is 6.81. The van der Waals surface area contributed by atoms with Gasteiger partial charge in [-0.25, -0.2) is 0 Å². The lowest BCUT2D eigenvalue weighted by Crippen LogP contribution is -2.18. The third kappa shape index (κ3) is 2.93. The molecule has 22 heavy (non-hydrogen) atoms. The number of benzene rings is 2. The second-order valence-electron chi connectivity index (χ2n) is 5.18. The van der Waals surface area contributed by atoms with Gasteiger partial charge in [0.05, 0.1) is 26.0 Å². The topological polar surface area (TPSA) is 29.1 Å². The van der Waals surface area contributed by atoms with Gasteiger partial charge in [0.25, 0.3) is 0 Å². The Labute approximate surface area is 148 Å². The lowest BCUT2D eigenvalue weighted by atomic mass is 9.84. The number of hydrogen-bond donors (Lipinski definition) is 1. The van der Waals surface area contributed by atoms with Crippen molar-refractivity contribution >= 4 is 52.3 Å². The van der Waals surface area contributed by atoms with E-state index < -0.39 is 0 Å². The van der Waals surface area contributed by atoms with Gasteiger partial charge in [-0.15, -0.1) is 0 Å². The average molecular weight is 375 g/mol. The molecule has 0 radical (unpaired) electrons. The van der Waals surface area contributed by atoms with Crippen LogP contribution < -0.4 is 5.32 Å². The predicted molar refractivity (Wildman–Crippen MR) is 91.4 cm³/mol. The summed E-state index contributed by atoms with van der Waals surface area (Å²) in [4.78, 5) is 12.3. The molecule has 0 aromatic heterocycles. The lowest BCUT2D eigenvalue weighted by molar-refractivity contribution is -0.120. The van der Waals surface area contributed by atoms with E-state index in [0.717, 1.165) is 11.1 Å². The Morgan fingerprint density at radius 2 is 1.36 bits per heavy atom. The van der Waals surface area contributed by atoms with Crippen LogP contribution >= 0.6 is 46.4 Å². The van der Waals surface area contributed by atoms with Gasteiger partial charge in [0, 0.05) is 12.5 Å². The maximum atomic E-state index is 12.3. The largest absolute Gasteiger partial charge is 0.355 e. The molecule has 1 saturated heterocycles. The second kappa shape index (κ2) is 6.29. The molecule has 1 aliphatic heterocycles. The summed E-state index contributed by atoms with van der Waals surface area (Å²) >= 11 is 24.1. The van der Waals surface area contributed by atoms with Crippen LogP contribution in [0.5, 0.6) is 0 Å². The normalized spacial score (nSPS) is 21.0. The van der Waals surface area contributed by atoms with Crippen molar-refractivity contribution in [3.8, 4) is 0 Å². The van der Waals surface area contributed by atoms with E-state index in [4.69, 9.17) is 46.4 Å². The zero-order valence-electron chi connectivity index (χ0n) is 11.2. The van der Waals surface area contributed by atoms with E-state index >= 15 is 0 Å². The summed E-state index contributed by atoms with van der Waals surface area (Å²) in [7, 11) is 0. The molecule has 1 fully saturated rings. The molecule has 1 N–H and O–H groups in total. The average Bonchev–Trinajstić information content (AvgIpc) is 2.87. The van der Waals surface area contributed by atoms with Crippen molar-refractivity contribution in [2.24, 2.45) is 0 Å². The van der Waals surface area contributed by atoms with Gasteiger partial charge in [0.2, 0.25) is 5.91 Å². The zero-order chi connectivity index (χ0) is 15.9. The summed E-state index contributed by atoms with van der Waals surface area (Å²) < 4.78 is 0. The Bertz CT molecular complexity index is 747. The molecule has 0 bridgehead atoms. The van der Waals surface area contributed by atoms with Crippen LogP contribution in [0.15, 0.2) is 36.4 Å². The molecule has 3 rings (SSSR count). The number of amides is 1. The molecular weight excluding hydrogens is 364 g/mol. The van der Waals surface area contributed by atoms with Crippen molar-refractivity contribution in [3.05, 3.63) is 67.6 Å². The molecule has 2 aromatic rings. The Balaban J connectivity index is 2.01. The van der Waals surface area contributed by atoms with Crippen molar-refractivity contribution in [1.29, 1.82) is 0 Å². The summed E-state index contributed by atoms with van der Waals surface area (Å²) in [6, 6.07) is 10.7. The maximum absolute atomic E-state index is 12.3. The number of rotatable bonds is 2. The van der Waals surface area contributed by atoms with E-state index in [-0.39, 0.29) is 17.7 Å². The van der Waals surface area contributed by atoms with Gasteiger partial charge in [-0.3, -0.25) is 4.79 Å². The number of carbonyl (C=O) groups is 1. The quantitative estimate of drug-likeness (QED) is 0.759. The highest BCUT2D eigenvalue weighted by atomic mass is 35.5. The number of hydrogen-bond acceptors (Lipinski definition) is 1. The van der Waals surface area contributed by atoms with Gasteiger partial charge in [-0.2, -0.15) is 0 Å². The van der Waals surface area contributed by atoms with Gasteiger partial charge in [-0.1, -0.05) is 58.5 Å². The number of nitrogens with one attached hydrogen (secondary N) is 1. The minimum atomic E-state index is -0.327. The van der Waals surface area contributed by atoms with Crippen LogP contribution in [0, 0.1) is 0 Å². The smallest absolute Gasteiger partial charge is 0.228 e. The van der Waals surface area contributed by atoms with Crippen molar-refractivity contribution in [1.82, 2.24) is 5.32 Å². The van der Waals surface area contributed by atoms with E-state index in [2.05, 4.69) is 5.32 Å². The zero-order valence-corrected chi connectivity index (χ0v) is 14.3. The summed E-state index contributed by atoms with van der Waals surface area (Å²) in [6.45, 7) is 0.543. The molecular formula is C16H11Cl4NO. The van der Waals surface area contributed by atoms with Crippen LogP contribution in [0.2, 0.25) is 20.1 Å². The number of carbonyl (C=O) groups excluding carboxylic acids is 1. The van der Waals surface area contributed by atoms with Crippen LogP contribution in [-0.4, -0.2) is 12.5 Å². The monoisotopic (exact) mass is 373 g/mol. The third-order valence-corrected chi connectivity index (χ3v) is 5.33. The fraction of sp³-hybridized carbons (Fsp3) is 0.188. The van der Waals surface area contributed by atoms with Crippen molar-refractivity contribution in [2.75, 3.05) is 6.54 Å². The highest BCUT2D eigenvalue weighted by Crippen LogP contribution is 2.40. The van der Waals surface area contributed by atoms with Crippen LogP contribution in [0.1, 0.15) is 23.0 Å². The van der Waals surface area contributed by atoms with E-state index in [1.807, 2.05) is 12.1 Å². The summed E-state index contributed by atoms with van der Waals surface area (Å²) in [5.41, 5.74) is 1.80. The molecule has 114 valence electrons. The minimum absolute atomic E-state index is 0.0282. The molecule has 0 spiro atoms. The molecule has 1 aliphatic rings. The molecule has 2 nitrogen and oxygen atoms in total. The van der Waals surface area contributed by atoms with Gasteiger partial charge in [-0.05, 0) is 35.4 Å². The van der Waals surface area contributed by atoms with Crippen LogP contribution in [0.25, 0.3) is 0 Å². The van der Waals surface area contributed by atoms with Crippen LogP contribution in [-0.2, 0) is 4.79 Å². The summed E-state index contributed by atoms with van der Waals surface area (Å²) in [5.74, 6) is -0.388. The van der Waals surface area contributed by atoms with Gasteiger partial charge in [0.15, 0.2) is 0 Å². The molecule has 2 aromatic carbocycles. The Morgan fingerprint density at radius 1 is 0.818 bits per heavy atom. The van der Waals surface area contributed by atoms with Gasteiger partial charge >= 0.3 is 0 Å². The summed E-state index contributed by atoms with van der Waals surface area (Å²) in [6.07, 6.45) is 0. The standard InChI is InChI=1S/C16H11Cl4NO/c17-11-3-1-8(5-13(11)19)10-7-21-16(22)15(10)9-2-4-12(18)14(20)6-9/h1-6,10,15H,7H2,(H,21,22). The van der Waals surface area contributed by atoms with E-state index in [0.29, 0.717) is 26.6 Å². The van der Waals surface area contributed by atoms with Crippen molar-refractivity contribution in [3.63, 3.8) is 0 Å². The van der Waals surface area contributed by atoms with Crippen LogP contribution in [0.4, 0.5) is 0 Å². The Morgan fingerprint density at radius 3 is 1.95 bits per heavy atom. The third-order valence-electron chi connectivity index (χ3n) is 3.86. The fourth-order valence-electron chi connectivity index (χ4n) is 2.76. The first-order valence-corrected chi connectivity index (χ1v) is 8.16. The fourth-order valence-corrected chi connectivity index (χ4v) is 3.38.